The molecule has 0 radical (unpaired) electrons. The number of rotatable bonds is 4. The zero-order valence-electron chi connectivity index (χ0n) is 7.90. The van der Waals surface area contributed by atoms with Crippen LogP contribution in [0.1, 0.15) is 20.8 Å². The van der Waals surface area contributed by atoms with E-state index in [-0.39, 0.29) is 6.61 Å². The summed E-state index contributed by atoms with van der Waals surface area (Å²) in [5, 5.41) is 0. The van der Waals surface area contributed by atoms with Gasteiger partial charge in [0, 0.05) is 5.92 Å². The van der Waals surface area contributed by atoms with Crippen LogP contribution in [0.3, 0.4) is 0 Å². The number of hydrogen-bond acceptors (Lipinski definition) is 3. The Morgan fingerprint density at radius 2 is 2.00 bits per heavy atom. The Hall–Kier alpha value is -1.48. The number of carbonyl (C=O) groups excluding carboxylic acids is 2. The lowest BCUT2D eigenvalue weighted by atomic mass is 10.1. The third kappa shape index (κ3) is 3.17. The van der Waals surface area contributed by atoms with E-state index >= 15 is 0 Å². The van der Waals surface area contributed by atoms with Crippen LogP contribution in [0.5, 0.6) is 0 Å². The highest BCUT2D eigenvalue weighted by molar-refractivity contribution is 6.62. The second kappa shape index (κ2) is 5.22. The van der Waals surface area contributed by atoms with E-state index in [4.69, 9.17) is 5.53 Å². The Labute approximate surface area is 76.3 Å². The fourth-order valence-corrected chi connectivity index (χ4v) is 0.664. The van der Waals surface area contributed by atoms with E-state index in [2.05, 4.69) is 9.53 Å². The van der Waals surface area contributed by atoms with E-state index in [1.54, 1.807) is 20.8 Å². The molecule has 0 unspecified atom stereocenters. The van der Waals surface area contributed by atoms with Crippen molar-refractivity contribution in [3.63, 3.8) is 0 Å². The lowest BCUT2D eigenvalue weighted by Crippen LogP contribution is -2.30. The Kier molecular flexibility index (Phi) is 4.62. The molecule has 0 aliphatic heterocycles. The van der Waals surface area contributed by atoms with Gasteiger partial charge in [-0.15, -0.1) is 0 Å². The molecule has 72 valence electrons. The average molecular weight is 184 g/mol. The molecular formula is C8H12N2O3. The summed E-state index contributed by atoms with van der Waals surface area (Å²) in [5.41, 5.74) is 7.86. The maximum atomic E-state index is 11.2. The third-order valence-corrected chi connectivity index (χ3v) is 1.33. The summed E-state index contributed by atoms with van der Waals surface area (Å²) in [6.45, 7) is 4.95. The van der Waals surface area contributed by atoms with Crippen molar-refractivity contribution in [1.29, 1.82) is 0 Å². The molecule has 0 aromatic carbocycles. The molecule has 13 heavy (non-hydrogen) atoms. The predicted molar refractivity (Wildman–Crippen MR) is 45.1 cm³/mol. The first-order valence-corrected chi connectivity index (χ1v) is 3.98. The van der Waals surface area contributed by atoms with Crippen LogP contribution in [0, 0.1) is 5.92 Å². The highest BCUT2D eigenvalue weighted by Crippen LogP contribution is 1.96. The lowest BCUT2D eigenvalue weighted by molar-refractivity contribution is -0.142. The molecule has 0 atom stereocenters. The van der Waals surface area contributed by atoms with Crippen LogP contribution in [0.2, 0.25) is 0 Å². The Morgan fingerprint density at radius 3 is 2.31 bits per heavy atom. The highest BCUT2D eigenvalue weighted by atomic mass is 16.5. The number of esters is 1. The van der Waals surface area contributed by atoms with Crippen molar-refractivity contribution in [3.05, 3.63) is 5.53 Å². The summed E-state index contributed by atoms with van der Waals surface area (Å²) in [6, 6.07) is 0. The second-order valence-corrected chi connectivity index (χ2v) is 2.69. The van der Waals surface area contributed by atoms with E-state index in [1.807, 2.05) is 0 Å². The molecule has 0 rings (SSSR count). The quantitative estimate of drug-likeness (QED) is 0.209. The van der Waals surface area contributed by atoms with Gasteiger partial charge in [-0.05, 0) is 6.92 Å². The van der Waals surface area contributed by atoms with E-state index in [1.165, 1.54) is 0 Å². The minimum atomic E-state index is -0.885. The number of hydrogen-bond donors (Lipinski definition) is 0. The first-order chi connectivity index (χ1) is 6.04. The molecule has 0 amide bonds. The summed E-state index contributed by atoms with van der Waals surface area (Å²) in [6.07, 6.45) is 0. The molecule has 0 spiro atoms. The highest BCUT2D eigenvalue weighted by Gasteiger charge is 2.32. The molecule has 5 nitrogen and oxygen atoms in total. The first kappa shape index (κ1) is 11.5. The van der Waals surface area contributed by atoms with E-state index < -0.39 is 23.4 Å². The summed E-state index contributed by atoms with van der Waals surface area (Å²) in [4.78, 5) is 24.8. The van der Waals surface area contributed by atoms with Crippen LogP contribution in [0.15, 0.2) is 0 Å². The Bertz CT molecular complexity index is 265. The maximum Gasteiger partial charge on any atom is 0.441 e. The van der Waals surface area contributed by atoms with Gasteiger partial charge in [-0.2, -0.15) is 4.79 Å². The van der Waals surface area contributed by atoms with Crippen LogP contribution in [0.25, 0.3) is 5.53 Å². The van der Waals surface area contributed by atoms with Crippen molar-refractivity contribution in [2.45, 2.75) is 20.8 Å². The fraction of sp³-hybridized carbons (Fsp3) is 0.625. The topological polar surface area (TPSA) is 79.8 Å². The normalized spacial score (nSPS) is 9.23. The van der Waals surface area contributed by atoms with Crippen molar-refractivity contribution in [2.24, 2.45) is 5.92 Å². The molecular weight excluding hydrogens is 172 g/mol. The molecule has 0 aliphatic carbocycles. The maximum absolute atomic E-state index is 11.2. The number of nitrogens with zero attached hydrogens (tertiary/aromatic N) is 2. The SMILES string of the molecule is CCOC(=O)C(=[N+]=[N-])C(=O)C(C)C. The van der Waals surface area contributed by atoms with Crippen LogP contribution < -0.4 is 0 Å². The van der Waals surface area contributed by atoms with Gasteiger partial charge in [0.15, 0.2) is 0 Å². The number of carbonyl (C=O) groups is 2. The van der Waals surface area contributed by atoms with Crippen molar-refractivity contribution < 1.29 is 19.1 Å². The van der Waals surface area contributed by atoms with Gasteiger partial charge >= 0.3 is 11.7 Å². The number of ketones is 1. The van der Waals surface area contributed by atoms with Crippen molar-refractivity contribution >= 4 is 17.5 Å². The summed E-state index contributed by atoms with van der Waals surface area (Å²) < 4.78 is 4.52. The molecule has 0 aromatic heterocycles. The largest absolute Gasteiger partial charge is 0.457 e. The van der Waals surface area contributed by atoms with Gasteiger partial charge in [-0.3, -0.25) is 4.79 Å². The van der Waals surface area contributed by atoms with E-state index in [0.717, 1.165) is 0 Å². The predicted octanol–water partition coefficient (Wildman–Crippen LogP) is 0.445. The zero-order chi connectivity index (χ0) is 10.4. The van der Waals surface area contributed by atoms with Gasteiger partial charge in [0.05, 0.1) is 6.61 Å². The van der Waals surface area contributed by atoms with Gasteiger partial charge in [0.2, 0.25) is 0 Å². The molecule has 5 heteroatoms. The number of ether oxygens (including phenoxy) is 1. The fourth-order valence-electron chi connectivity index (χ4n) is 0.664. The molecule has 0 heterocycles. The molecule has 0 fully saturated rings. The second-order valence-electron chi connectivity index (χ2n) is 2.69. The Morgan fingerprint density at radius 1 is 1.46 bits per heavy atom. The zero-order valence-corrected chi connectivity index (χ0v) is 7.90. The lowest BCUT2D eigenvalue weighted by Gasteiger charge is -1.98. The smallest absolute Gasteiger partial charge is 0.441 e. The van der Waals surface area contributed by atoms with Gasteiger partial charge < -0.3 is 10.3 Å². The van der Waals surface area contributed by atoms with E-state index in [0.29, 0.717) is 0 Å². The summed E-state index contributed by atoms with van der Waals surface area (Å²) in [7, 11) is 0. The standard InChI is InChI=1S/C8H12N2O3/c1-4-13-8(12)6(10-9)7(11)5(2)3/h5H,4H2,1-3H3. The molecule has 0 bridgehead atoms. The van der Waals surface area contributed by atoms with Crippen molar-refractivity contribution in [2.75, 3.05) is 6.61 Å². The molecule has 0 aliphatic rings. The van der Waals surface area contributed by atoms with Gasteiger partial charge in [0.25, 0.3) is 5.78 Å². The van der Waals surface area contributed by atoms with Gasteiger partial charge in [-0.1, -0.05) is 13.8 Å². The van der Waals surface area contributed by atoms with Gasteiger partial charge in [-0.25, -0.2) is 4.79 Å². The van der Waals surface area contributed by atoms with Crippen molar-refractivity contribution in [3.8, 4) is 0 Å². The van der Waals surface area contributed by atoms with E-state index in [9.17, 15) is 9.59 Å². The number of Topliss-reactive ketones (excluding diaryl/α,β-unsaturated/α-hetero) is 1. The monoisotopic (exact) mass is 184 g/mol. The van der Waals surface area contributed by atoms with Crippen LogP contribution in [0.4, 0.5) is 0 Å². The molecule has 0 aromatic rings. The first-order valence-electron chi connectivity index (χ1n) is 3.98. The summed E-state index contributed by atoms with van der Waals surface area (Å²) >= 11 is 0. The summed E-state index contributed by atoms with van der Waals surface area (Å²) in [5.74, 6) is -1.81. The minimum absolute atomic E-state index is 0.142. The Balaban J connectivity index is 4.64. The van der Waals surface area contributed by atoms with Gasteiger partial charge in [0.1, 0.15) is 0 Å². The molecule has 0 saturated heterocycles. The third-order valence-electron chi connectivity index (χ3n) is 1.33. The van der Waals surface area contributed by atoms with Crippen molar-refractivity contribution in [1.82, 2.24) is 0 Å². The average Bonchev–Trinajstić information content (AvgIpc) is 2.05. The molecule has 0 saturated carbocycles. The van der Waals surface area contributed by atoms with Crippen LogP contribution in [-0.4, -0.2) is 28.9 Å². The molecule has 0 N–H and O–H groups in total. The minimum Gasteiger partial charge on any atom is -0.457 e. The van der Waals surface area contributed by atoms with Crippen LogP contribution in [-0.2, 0) is 14.3 Å². The van der Waals surface area contributed by atoms with Crippen LogP contribution >= 0.6 is 0 Å².